The summed E-state index contributed by atoms with van der Waals surface area (Å²) < 4.78 is 16.4. The molecule has 1 unspecified atom stereocenters. The lowest BCUT2D eigenvalue weighted by Crippen LogP contribution is -2.28. The highest BCUT2D eigenvalue weighted by Crippen LogP contribution is 2.18. The van der Waals surface area contributed by atoms with Crippen LogP contribution in [0.1, 0.15) is 18.4 Å². The predicted octanol–water partition coefficient (Wildman–Crippen LogP) is 1.98. The maximum absolute atomic E-state index is 5.95. The van der Waals surface area contributed by atoms with Crippen LogP contribution in [-0.2, 0) is 16.0 Å². The molecule has 0 amide bonds. The van der Waals surface area contributed by atoms with Crippen molar-refractivity contribution < 1.29 is 14.2 Å². The summed E-state index contributed by atoms with van der Waals surface area (Å²) in [4.78, 5) is 0. The second-order valence-electron chi connectivity index (χ2n) is 4.77. The number of methoxy groups -OCH3 is 1. The van der Waals surface area contributed by atoms with Gasteiger partial charge in [0.2, 0.25) is 0 Å². The molecule has 0 bridgehead atoms. The van der Waals surface area contributed by atoms with Crippen molar-refractivity contribution in [1.29, 1.82) is 0 Å². The first-order valence-corrected chi connectivity index (χ1v) is 6.91. The Bertz CT molecular complexity index is 364. The number of nitrogens with one attached hydrogen (secondary N) is 1. The van der Waals surface area contributed by atoms with E-state index in [1.807, 2.05) is 12.1 Å². The van der Waals surface area contributed by atoms with E-state index in [0.29, 0.717) is 6.61 Å². The van der Waals surface area contributed by atoms with Gasteiger partial charge in [-0.2, -0.15) is 0 Å². The van der Waals surface area contributed by atoms with E-state index < -0.39 is 0 Å². The van der Waals surface area contributed by atoms with Crippen molar-refractivity contribution in [1.82, 2.24) is 5.32 Å². The van der Waals surface area contributed by atoms with Gasteiger partial charge in [-0.1, -0.05) is 12.1 Å². The zero-order chi connectivity index (χ0) is 13.3. The molecule has 1 aliphatic heterocycles. The zero-order valence-electron chi connectivity index (χ0n) is 11.6. The third-order valence-electron chi connectivity index (χ3n) is 3.13. The van der Waals surface area contributed by atoms with Crippen molar-refractivity contribution in [3.05, 3.63) is 29.8 Å². The topological polar surface area (TPSA) is 39.7 Å². The summed E-state index contributed by atoms with van der Waals surface area (Å²) in [5.41, 5.74) is 1.23. The maximum atomic E-state index is 5.95. The Hall–Kier alpha value is -1.10. The van der Waals surface area contributed by atoms with Gasteiger partial charge in [0, 0.05) is 26.8 Å². The van der Waals surface area contributed by atoms with Gasteiger partial charge in [0.15, 0.2) is 0 Å². The van der Waals surface area contributed by atoms with Crippen LogP contribution in [0.25, 0.3) is 0 Å². The molecule has 1 aromatic rings. The quantitative estimate of drug-likeness (QED) is 0.765. The second kappa shape index (κ2) is 8.15. The van der Waals surface area contributed by atoms with Gasteiger partial charge in [0.25, 0.3) is 0 Å². The Labute approximate surface area is 115 Å². The summed E-state index contributed by atoms with van der Waals surface area (Å²) in [6.45, 7) is 4.00. The van der Waals surface area contributed by atoms with Crippen LogP contribution >= 0.6 is 0 Å². The van der Waals surface area contributed by atoms with Gasteiger partial charge < -0.3 is 19.5 Å². The van der Waals surface area contributed by atoms with E-state index in [9.17, 15) is 0 Å². The maximum Gasteiger partial charge on any atom is 0.122 e. The first kappa shape index (κ1) is 14.3. The number of hydrogen-bond donors (Lipinski definition) is 1. The molecule has 2 rings (SSSR count). The third kappa shape index (κ3) is 5.19. The summed E-state index contributed by atoms with van der Waals surface area (Å²) >= 11 is 0. The minimum Gasteiger partial charge on any atom is -0.488 e. The van der Waals surface area contributed by atoms with Gasteiger partial charge in [-0.3, -0.25) is 0 Å². The lowest BCUT2D eigenvalue weighted by Gasteiger charge is -2.23. The molecule has 4 nitrogen and oxygen atoms in total. The predicted molar refractivity (Wildman–Crippen MR) is 74.5 cm³/mol. The first-order valence-electron chi connectivity index (χ1n) is 6.91. The molecule has 1 fully saturated rings. The van der Waals surface area contributed by atoms with E-state index >= 15 is 0 Å². The van der Waals surface area contributed by atoms with E-state index in [0.717, 1.165) is 44.9 Å². The van der Waals surface area contributed by atoms with Crippen LogP contribution in [0, 0.1) is 0 Å². The van der Waals surface area contributed by atoms with E-state index in [-0.39, 0.29) is 6.10 Å². The SMILES string of the molecule is COCCNCc1cccc(OC2CCCOC2)c1. The summed E-state index contributed by atoms with van der Waals surface area (Å²) in [6, 6.07) is 8.23. The Morgan fingerprint density at radius 2 is 2.37 bits per heavy atom. The fourth-order valence-electron chi connectivity index (χ4n) is 2.13. The van der Waals surface area contributed by atoms with Crippen LogP contribution in [0.3, 0.4) is 0 Å². The molecule has 0 aliphatic carbocycles. The van der Waals surface area contributed by atoms with Gasteiger partial charge in [-0.15, -0.1) is 0 Å². The summed E-state index contributed by atoms with van der Waals surface area (Å²) in [5, 5.41) is 3.33. The van der Waals surface area contributed by atoms with Crippen LogP contribution in [0.15, 0.2) is 24.3 Å². The summed E-state index contributed by atoms with van der Waals surface area (Å²) in [7, 11) is 1.71. The lowest BCUT2D eigenvalue weighted by atomic mass is 10.1. The smallest absolute Gasteiger partial charge is 0.122 e. The van der Waals surface area contributed by atoms with Crippen molar-refractivity contribution in [3.8, 4) is 5.75 Å². The first-order chi connectivity index (χ1) is 9.38. The molecule has 106 valence electrons. The van der Waals surface area contributed by atoms with Crippen molar-refractivity contribution in [2.75, 3.05) is 33.5 Å². The summed E-state index contributed by atoms with van der Waals surface area (Å²) in [6.07, 6.45) is 2.37. The molecule has 19 heavy (non-hydrogen) atoms. The minimum atomic E-state index is 0.199. The standard InChI is InChI=1S/C15H23NO3/c1-17-9-7-16-11-13-4-2-5-14(10-13)19-15-6-3-8-18-12-15/h2,4-5,10,15-16H,3,6-9,11-12H2,1H3. The molecular formula is C15H23NO3. The number of benzene rings is 1. The van der Waals surface area contributed by atoms with Crippen molar-refractivity contribution in [2.24, 2.45) is 0 Å². The molecule has 1 atom stereocenters. The second-order valence-corrected chi connectivity index (χ2v) is 4.77. The van der Waals surface area contributed by atoms with Crippen molar-refractivity contribution in [2.45, 2.75) is 25.5 Å². The molecule has 1 aliphatic rings. The molecule has 1 saturated heterocycles. The van der Waals surface area contributed by atoms with Crippen LogP contribution in [-0.4, -0.2) is 39.6 Å². The number of ether oxygens (including phenoxy) is 3. The normalized spacial score (nSPS) is 19.3. The fraction of sp³-hybridized carbons (Fsp3) is 0.600. The van der Waals surface area contributed by atoms with Crippen LogP contribution < -0.4 is 10.1 Å². The molecule has 1 aromatic carbocycles. The highest BCUT2D eigenvalue weighted by molar-refractivity contribution is 5.28. The van der Waals surface area contributed by atoms with Gasteiger partial charge in [-0.05, 0) is 30.5 Å². The average molecular weight is 265 g/mol. The Morgan fingerprint density at radius 1 is 1.42 bits per heavy atom. The van der Waals surface area contributed by atoms with Gasteiger partial charge >= 0.3 is 0 Å². The van der Waals surface area contributed by atoms with Crippen molar-refractivity contribution in [3.63, 3.8) is 0 Å². The van der Waals surface area contributed by atoms with E-state index in [1.165, 1.54) is 5.56 Å². The average Bonchev–Trinajstić information content (AvgIpc) is 2.45. The number of hydrogen-bond acceptors (Lipinski definition) is 4. The van der Waals surface area contributed by atoms with Gasteiger partial charge in [0.05, 0.1) is 13.2 Å². The molecule has 4 heteroatoms. The Morgan fingerprint density at radius 3 is 3.16 bits per heavy atom. The summed E-state index contributed by atoms with van der Waals surface area (Å²) in [5.74, 6) is 0.932. The van der Waals surface area contributed by atoms with Gasteiger partial charge in [0.1, 0.15) is 11.9 Å². The Kier molecular flexibility index (Phi) is 6.14. The lowest BCUT2D eigenvalue weighted by molar-refractivity contribution is 0.00740. The monoisotopic (exact) mass is 265 g/mol. The van der Waals surface area contributed by atoms with Gasteiger partial charge in [-0.25, -0.2) is 0 Å². The molecular weight excluding hydrogens is 242 g/mol. The van der Waals surface area contributed by atoms with Crippen LogP contribution in [0.4, 0.5) is 0 Å². The largest absolute Gasteiger partial charge is 0.488 e. The highest BCUT2D eigenvalue weighted by Gasteiger charge is 2.15. The molecule has 1 heterocycles. The third-order valence-corrected chi connectivity index (χ3v) is 3.13. The van der Waals surface area contributed by atoms with Crippen LogP contribution in [0.2, 0.25) is 0 Å². The van der Waals surface area contributed by atoms with Crippen molar-refractivity contribution >= 4 is 0 Å². The molecule has 1 N–H and O–H groups in total. The molecule has 0 radical (unpaired) electrons. The Balaban J connectivity index is 1.80. The van der Waals surface area contributed by atoms with E-state index in [4.69, 9.17) is 14.2 Å². The molecule has 0 spiro atoms. The molecule has 0 aromatic heterocycles. The van der Waals surface area contributed by atoms with Crippen LogP contribution in [0.5, 0.6) is 5.75 Å². The highest BCUT2D eigenvalue weighted by atomic mass is 16.5. The number of rotatable bonds is 7. The van der Waals surface area contributed by atoms with E-state index in [2.05, 4.69) is 17.4 Å². The molecule has 0 saturated carbocycles. The minimum absolute atomic E-state index is 0.199. The van der Waals surface area contributed by atoms with E-state index in [1.54, 1.807) is 7.11 Å². The zero-order valence-corrected chi connectivity index (χ0v) is 11.6. The fourth-order valence-corrected chi connectivity index (χ4v) is 2.13.